The SMILES string of the molecule is FC(F)=C(F)OC(F)(F)C(F)(F)C(F)(F)Br. The maximum atomic E-state index is 12.2. The first-order chi connectivity index (χ1) is 6.83. The van der Waals surface area contributed by atoms with Crippen LogP contribution in [0, 0.1) is 0 Å². The highest BCUT2D eigenvalue weighted by Gasteiger charge is 2.73. The second-order valence-electron chi connectivity index (χ2n) is 2.23. The van der Waals surface area contributed by atoms with Crippen LogP contribution in [-0.4, -0.2) is 16.9 Å². The monoisotopic (exact) mass is 326 g/mol. The first-order valence-corrected chi connectivity index (χ1v) is 3.84. The predicted molar refractivity (Wildman–Crippen MR) is 35.2 cm³/mol. The fourth-order valence-corrected chi connectivity index (χ4v) is 0.611. The third-order valence-electron chi connectivity index (χ3n) is 1.09. The Hall–Kier alpha value is -0.610. The second-order valence-corrected chi connectivity index (χ2v) is 3.22. The van der Waals surface area contributed by atoms with Crippen molar-refractivity contribution in [3.8, 4) is 0 Å². The van der Waals surface area contributed by atoms with Gasteiger partial charge in [0.05, 0.1) is 0 Å². The van der Waals surface area contributed by atoms with Crippen LogP contribution in [0.25, 0.3) is 0 Å². The van der Waals surface area contributed by atoms with Crippen molar-refractivity contribution in [2.24, 2.45) is 0 Å². The van der Waals surface area contributed by atoms with E-state index >= 15 is 0 Å². The molecule has 0 aromatic heterocycles. The van der Waals surface area contributed by atoms with Gasteiger partial charge in [-0.15, -0.1) is 0 Å². The number of rotatable bonds is 4. The van der Waals surface area contributed by atoms with Gasteiger partial charge in [0.1, 0.15) is 0 Å². The van der Waals surface area contributed by atoms with Crippen molar-refractivity contribution in [2.75, 3.05) is 0 Å². The van der Waals surface area contributed by atoms with Gasteiger partial charge in [-0.25, -0.2) is 0 Å². The highest BCUT2D eigenvalue weighted by molar-refractivity contribution is 9.10. The van der Waals surface area contributed by atoms with Crippen molar-refractivity contribution in [2.45, 2.75) is 16.9 Å². The van der Waals surface area contributed by atoms with E-state index in [1.54, 1.807) is 0 Å². The highest BCUT2D eigenvalue weighted by atomic mass is 79.9. The summed E-state index contributed by atoms with van der Waals surface area (Å²) in [7, 11) is 0. The number of hydrogen-bond acceptors (Lipinski definition) is 1. The van der Waals surface area contributed by atoms with Crippen LogP contribution in [0.1, 0.15) is 0 Å². The Morgan fingerprint density at radius 2 is 1.25 bits per heavy atom. The van der Waals surface area contributed by atoms with E-state index in [4.69, 9.17) is 0 Å². The largest absolute Gasteiger partial charge is 0.473 e. The van der Waals surface area contributed by atoms with Gasteiger partial charge in [0.15, 0.2) is 0 Å². The fraction of sp³-hybridized carbons (Fsp3) is 0.600. The van der Waals surface area contributed by atoms with Crippen LogP contribution < -0.4 is 0 Å². The van der Waals surface area contributed by atoms with E-state index in [2.05, 4.69) is 4.74 Å². The van der Waals surface area contributed by atoms with Crippen molar-refractivity contribution < 1.29 is 44.3 Å². The Morgan fingerprint density at radius 3 is 1.50 bits per heavy atom. The van der Waals surface area contributed by atoms with Crippen LogP contribution >= 0.6 is 15.9 Å². The number of halogens is 10. The van der Waals surface area contributed by atoms with Gasteiger partial charge >= 0.3 is 29.0 Å². The van der Waals surface area contributed by atoms with Gasteiger partial charge < -0.3 is 4.74 Å². The summed E-state index contributed by atoms with van der Waals surface area (Å²) in [6, 6.07) is -3.37. The van der Waals surface area contributed by atoms with E-state index in [-0.39, 0.29) is 0 Å². The zero-order valence-electron chi connectivity index (χ0n) is 6.69. The molecule has 0 radical (unpaired) electrons. The summed E-state index contributed by atoms with van der Waals surface area (Å²) < 4.78 is 109. The minimum Gasteiger partial charge on any atom is -0.397 e. The summed E-state index contributed by atoms with van der Waals surface area (Å²) in [6.07, 6.45) is -9.65. The Bertz CT molecular complexity index is 289. The lowest BCUT2D eigenvalue weighted by molar-refractivity contribution is -0.373. The van der Waals surface area contributed by atoms with Crippen molar-refractivity contribution in [3.63, 3.8) is 0 Å². The van der Waals surface area contributed by atoms with E-state index in [0.29, 0.717) is 0 Å². The minimum absolute atomic E-state index is 0.893. The molecule has 0 saturated heterocycles. The van der Waals surface area contributed by atoms with Gasteiger partial charge in [-0.3, -0.25) is 0 Å². The van der Waals surface area contributed by atoms with Crippen LogP contribution in [0.15, 0.2) is 12.1 Å². The molecule has 0 fully saturated rings. The molecule has 0 aliphatic heterocycles. The summed E-state index contributed by atoms with van der Waals surface area (Å²) in [5.41, 5.74) is 0. The molecule has 96 valence electrons. The van der Waals surface area contributed by atoms with E-state index in [9.17, 15) is 39.5 Å². The molecular formula is C5BrF9O. The maximum absolute atomic E-state index is 12.2. The zero-order valence-corrected chi connectivity index (χ0v) is 8.27. The lowest BCUT2D eigenvalue weighted by Crippen LogP contribution is -2.52. The Kier molecular flexibility index (Phi) is 4.17. The van der Waals surface area contributed by atoms with Gasteiger partial charge in [-0.2, -0.15) is 39.5 Å². The molecule has 0 unspecified atom stereocenters. The minimum atomic E-state index is -6.23. The van der Waals surface area contributed by atoms with Crippen molar-refractivity contribution in [3.05, 3.63) is 12.1 Å². The first-order valence-electron chi connectivity index (χ1n) is 3.05. The number of ether oxygens (including phenoxy) is 1. The molecule has 0 aliphatic carbocycles. The summed E-state index contributed by atoms with van der Waals surface area (Å²) in [4.78, 5) is -5.48. The highest BCUT2D eigenvalue weighted by Crippen LogP contribution is 2.50. The molecule has 0 rings (SSSR count). The molecule has 0 amide bonds. The normalized spacial score (nSPS) is 13.6. The Balaban J connectivity index is 5.15. The summed E-state index contributed by atoms with van der Waals surface area (Å²) in [6.45, 7) is 0. The molecular weight excluding hydrogens is 327 g/mol. The number of alkyl halides is 7. The van der Waals surface area contributed by atoms with Gasteiger partial charge in [-0.1, -0.05) is 0 Å². The first kappa shape index (κ1) is 15.4. The van der Waals surface area contributed by atoms with Gasteiger partial charge in [-0.05, 0) is 15.9 Å². The van der Waals surface area contributed by atoms with E-state index < -0.39 is 29.0 Å². The molecule has 0 heterocycles. The molecule has 16 heavy (non-hydrogen) atoms. The van der Waals surface area contributed by atoms with Crippen molar-refractivity contribution in [1.82, 2.24) is 0 Å². The summed E-state index contributed by atoms with van der Waals surface area (Å²) in [5, 5.41) is 0. The molecule has 0 aromatic carbocycles. The molecule has 0 N–H and O–H groups in total. The van der Waals surface area contributed by atoms with Crippen molar-refractivity contribution >= 4 is 15.9 Å². The molecule has 0 atom stereocenters. The van der Waals surface area contributed by atoms with Crippen LogP contribution in [0.4, 0.5) is 39.5 Å². The average molecular weight is 327 g/mol. The van der Waals surface area contributed by atoms with Crippen molar-refractivity contribution in [1.29, 1.82) is 0 Å². The fourth-order valence-electron chi connectivity index (χ4n) is 0.380. The van der Waals surface area contributed by atoms with E-state index in [0.717, 1.165) is 15.9 Å². The summed E-state index contributed by atoms with van der Waals surface area (Å²) >= 11 is 0.893. The van der Waals surface area contributed by atoms with Crippen LogP contribution in [0.5, 0.6) is 0 Å². The molecule has 0 spiro atoms. The van der Waals surface area contributed by atoms with Gasteiger partial charge in [0.2, 0.25) is 0 Å². The maximum Gasteiger partial charge on any atom is 0.473 e. The lowest BCUT2D eigenvalue weighted by atomic mass is 10.3. The Labute approximate surface area is 90.0 Å². The Morgan fingerprint density at radius 1 is 0.875 bits per heavy atom. The third kappa shape index (κ3) is 2.95. The quantitative estimate of drug-likeness (QED) is 0.426. The number of hydrogen-bond donors (Lipinski definition) is 0. The van der Waals surface area contributed by atoms with Crippen LogP contribution in [-0.2, 0) is 4.74 Å². The molecule has 0 saturated carbocycles. The molecule has 0 aliphatic rings. The molecule has 0 aromatic rings. The zero-order chi connectivity index (χ0) is 13.4. The van der Waals surface area contributed by atoms with Gasteiger partial charge in [0.25, 0.3) is 0 Å². The standard InChI is InChI=1S/C5BrF9O/c6-4(12,13)3(10,11)5(14,15)16-2(9)1(7)8. The van der Waals surface area contributed by atoms with E-state index in [1.165, 1.54) is 0 Å². The summed E-state index contributed by atoms with van der Waals surface area (Å²) in [5.74, 6) is -6.23. The smallest absolute Gasteiger partial charge is 0.397 e. The molecule has 1 nitrogen and oxygen atoms in total. The van der Waals surface area contributed by atoms with Crippen LogP contribution in [0.2, 0.25) is 0 Å². The van der Waals surface area contributed by atoms with Crippen LogP contribution in [0.3, 0.4) is 0 Å². The predicted octanol–water partition coefficient (Wildman–Crippen LogP) is 4.25. The third-order valence-corrected chi connectivity index (χ3v) is 1.59. The van der Waals surface area contributed by atoms with E-state index in [1.807, 2.05) is 0 Å². The second kappa shape index (κ2) is 4.34. The average Bonchev–Trinajstić information content (AvgIpc) is 2.00. The lowest BCUT2D eigenvalue weighted by Gasteiger charge is -2.28. The van der Waals surface area contributed by atoms with Gasteiger partial charge in [0, 0.05) is 0 Å². The molecule has 11 heteroatoms. The molecule has 0 bridgehead atoms. The topological polar surface area (TPSA) is 9.23 Å².